The molecular formula is C17H30N3NaO11P2. The molecule has 6 atom stereocenters. The van der Waals surface area contributed by atoms with Crippen molar-refractivity contribution >= 4 is 21.5 Å². The Labute approximate surface area is 218 Å². The van der Waals surface area contributed by atoms with Crippen molar-refractivity contribution in [2.75, 3.05) is 18.9 Å². The molecule has 1 fully saturated rings. The van der Waals surface area contributed by atoms with Crippen LogP contribution in [0.25, 0.3) is 0 Å². The summed E-state index contributed by atoms with van der Waals surface area (Å²) in [6.45, 7) is 1.02. The fourth-order valence-corrected chi connectivity index (χ4v) is 5.19. The maximum atomic E-state index is 12.0. The third kappa shape index (κ3) is 10.1. The zero-order valence-corrected chi connectivity index (χ0v) is 22.9. The van der Waals surface area contributed by atoms with E-state index < -0.39 is 52.5 Å². The molecule has 5 N–H and O–H groups in total. The normalized spacial score (nSPS) is 25.9. The number of unbranched alkanes of at least 4 members (excludes halogenated alkanes) is 5. The number of nitrogens with zero attached hydrogens (tertiary/aromatic N) is 2. The van der Waals surface area contributed by atoms with Crippen LogP contribution in [0.1, 0.15) is 51.7 Å². The number of ether oxygens (including phenoxy) is 1. The minimum absolute atomic E-state index is 0. The molecule has 1 saturated heterocycles. The molecule has 190 valence electrons. The molecule has 0 spiro atoms. The molecule has 2 heterocycles. The summed E-state index contributed by atoms with van der Waals surface area (Å²) in [6, 6.07) is 1.26. The van der Waals surface area contributed by atoms with Crippen molar-refractivity contribution in [1.82, 2.24) is 9.55 Å². The molecule has 1 aromatic rings. The van der Waals surface area contributed by atoms with E-state index in [1.54, 1.807) is 0 Å². The molecule has 0 bridgehead atoms. The van der Waals surface area contributed by atoms with Gasteiger partial charge in [-0.2, -0.15) is 4.98 Å². The summed E-state index contributed by atoms with van der Waals surface area (Å²) in [4.78, 5) is 36.9. The monoisotopic (exact) mass is 537 g/mol. The van der Waals surface area contributed by atoms with Crippen molar-refractivity contribution in [2.45, 2.75) is 70.0 Å². The van der Waals surface area contributed by atoms with E-state index >= 15 is 0 Å². The van der Waals surface area contributed by atoms with Crippen LogP contribution in [0, 0.1) is 0 Å². The van der Waals surface area contributed by atoms with Gasteiger partial charge in [-0.25, -0.2) is 13.7 Å². The van der Waals surface area contributed by atoms with Gasteiger partial charge in [0.2, 0.25) is 0 Å². The minimum atomic E-state index is -5.16. The molecule has 0 aromatic carbocycles. The van der Waals surface area contributed by atoms with Crippen molar-refractivity contribution in [3.63, 3.8) is 0 Å². The Hall–Kier alpha value is -0.180. The van der Waals surface area contributed by atoms with Gasteiger partial charge in [-0.1, -0.05) is 39.0 Å². The van der Waals surface area contributed by atoms with Crippen LogP contribution in [-0.4, -0.2) is 56.2 Å². The number of nitrogen functional groups attached to an aromatic ring is 1. The molecule has 0 amide bonds. The molecule has 2 rings (SSSR count). The maximum Gasteiger partial charge on any atom is 1.00 e. The largest absolute Gasteiger partial charge is 1.00 e. The van der Waals surface area contributed by atoms with Crippen LogP contribution >= 0.6 is 15.6 Å². The van der Waals surface area contributed by atoms with Gasteiger partial charge in [0.1, 0.15) is 24.1 Å². The van der Waals surface area contributed by atoms with Crippen LogP contribution in [0.3, 0.4) is 0 Å². The molecule has 0 saturated carbocycles. The quantitative estimate of drug-likeness (QED) is 0.109. The summed E-state index contributed by atoms with van der Waals surface area (Å²) in [6.07, 6.45) is 0.405. The van der Waals surface area contributed by atoms with E-state index in [0.717, 1.165) is 36.7 Å². The minimum Gasteiger partial charge on any atom is -0.756 e. The van der Waals surface area contributed by atoms with Crippen LogP contribution in [0.4, 0.5) is 5.82 Å². The van der Waals surface area contributed by atoms with Crippen LogP contribution < -0.4 is 45.9 Å². The fraction of sp³-hybridized carbons (Fsp3) is 0.765. The first-order valence-corrected chi connectivity index (χ1v) is 13.4. The number of hydrogen-bond donors (Lipinski definition) is 4. The van der Waals surface area contributed by atoms with Gasteiger partial charge in [0.25, 0.3) is 7.82 Å². The van der Waals surface area contributed by atoms with Crippen LogP contribution in [0.5, 0.6) is 0 Å². The first-order valence-electron chi connectivity index (χ1n) is 10.5. The summed E-state index contributed by atoms with van der Waals surface area (Å²) in [5.74, 6) is -0.0664. The molecule has 14 nitrogen and oxygen atoms in total. The van der Waals surface area contributed by atoms with Gasteiger partial charge >= 0.3 is 43.1 Å². The molecule has 17 heteroatoms. The smallest absolute Gasteiger partial charge is 0.756 e. The Bertz CT molecular complexity index is 921. The van der Waals surface area contributed by atoms with E-state index in [9.17, 15) is 33.9 Å². The first kappa shape index (κ1) is 31.8. The van der Waals surface area contributed by atoms with Gasteiger partial charge in [-0.05, 0) is 12.5 Å². The van der Waals surface area contributed by atoms with E-state index in [4.69, 9.17) is 10.5 Å². The number of phosphoric ester groups is 2. The standard InChI is InChI=1S/C17H31N3O11P2.Na/c1-2-3-4-5-6-7-10-28-32(24,25)31-33(26,27)29-11-12-14(21)15(22)16(30-12)20-9-8-13(18)19-17(20)23;/h8-9,12,14-16,21-22H,2-7,10-11H2,1H3,(H,24,25)(H,26,27)(H2,18,19,23);/q;+1/p-1. The number of aromatic nitrogens is 2. The molecule has 6 unspecified atom stereocenters. The number of nitrogens with two attached hydrogens (primary N) is 1. The van der Waals surface area contributed by atoms with Gasteiger partial charge in [-0.15, -0.1) is 0 Å². The van der Waals surface area contributed by atoms with Crippen LogP contribution in [0.2, 0.25) is 0 Å². The second-order valence-electron chi connectivity index (χ2n) is 7.48. The third-order valence-electron chi connectivity index (χ3n) is 4.82. The topological polar surface area (TPSA) is 216 Å². The molecule has 34 heavy (non-hydrogen) atoms. The average Bonchev–Trinajstić information content (AvgIpc) is 2.99. The molecule has 0 aliphatic carbocycles. The SMILES string of the molecule is CCCCCCCCOP(=O)([O-])OP(=O)(O)OCC1OC(n2ccc(N)nc2=O)C(O)C1O.[Na+]. The zero-order valence-electron chi connectivity index (χ0n) is 19.1. The zero-order chi connectivity index (χ0) is 24.6. The molecule has 0 radical (unpaired) electrons. The summed E-state index contributed by atoms with van der Waals surface area (Å²) >= 11 is 0. The van der Waals surface area contributed by atoms with Crippen LogP contribution in [0.15, 0.2) is 17.1 Å². The average molecular weight is 537 g/mol. The second kappa shape index (κ2) is 14.5. The Balaban J connectivity index is 0.00000578. The van der Waals surface area contributed by atoms with Crippen LogP contribution in [-0.2, 0) is 27.2 Å². The van der Waals surface area contributed by atoms with Gasteiger partial charge in [0.15, 0.2) is 6.23 Å². The predicted molar refractivity (Wildman–Crippen MR) is 113 cm³/mol. The summed E-state index contributed by atoms with van der Waals surface area (Å²) in [5.41, 5.74) is 4.53. The molecule has 1 aliphatic heterocycles. The first-order chi connectivity index (χ1) is 15.5. The van der Waals surface area contributed by atoms with Crippen molar-refractivity contribution in [3.05, 3.63) is 22.7 Å². The summed E-state index contributed by atoms with van der Waals surface area (Å²) in [7, 11) is -10.3. The van der Waals surface area contributed by atoms with E-state index in [0.29, 0.717) is 6.42 Å². The van der Waals surface area contributed by atoms with Gasteiger partial charge in [-0.3, -0.25) is 13.7 Å². The summed E-state index contributed by atoms with van der Waals surface area (Å²) < 4.78 is 43.3. The number of phosphoric acid groups is 2. The number of anilines is 1. The Kier molecular flexibility index (Phi) is 13.6. The fourth-order valence-electron chi connectivity index (χ4n) is 3.12. The van der Waals surface area contributed by atoms with Crippen molar-refractivity contribution in [1.29, 1.82) is 0 Å². The number of aliphatic hydroxyl groups excluding tert-OH is 2. The Morgan fingerprint density at radius 1 is 1.18 bits per heavy atom. The van der Waals surface area contributed by atoms with Crippen molar-refractivity contribution in [2.24, 2.45) is 0 Å². The van der Waals surface area contributed by atoms with E-state index in [1.165, 1.54) is 12.3 Å². The molecule has 1 aromatic heterocycles. The van der Waals surface area contributed by atoms with E-state index in [-0.39, 0.29) is 42.0 Å². The van der Waals surface area contributed by atoms with Gasteiger partial charge in [0.05, 0.1) is 13.2 Å². The second-order valence-corrected chi connectivity index (χ2v) is 10.5. The summed E-state index contributed by atoms with van der Waals surface area (Å²) in [5, 5.41) is 20.3. The van der Waals surface area contributed by atoms with E-state index in [2.05, 4.69) is 25.3 Å². The van der Waals surface area contributed by atoms with Crippen molar-refractivity contribution in [3.8, 4) is 0 Å². The van der Waals surface area contributed by atoms with Gasteiger partial charge in [0, 0.05) is 6.20 Å². The predicted octanol–water partition coefficient (Wildman–Crippen LogP) is -2.57. The third-order valence-corrected chi connectivity index (χ3v) is 7.41. The van der Waals surface area contributed by atoms with Crippen molar-refractivity contribution < 1.29 is 76.8 Å². The number of aliphatic hydroxyl groups is 2. The number of rotatable bonds is 14. The van der Waals surface area contributed by atoms with E-state index in [1.807, 2.05) is 0 Å². The Morgan fingerprint density at radius 2 is 1.82 bits per heavy atom. The molecule has 1 aliphatic rings. The Morgan fingerprint density at radius 3 is 2.47 bits per heavy atom. The van der Waals surface area contributed by atoms with Gasteiger partial charge < -0.3 is 35.0 Å². The maximum absolute atomic E-state index is 12.0. The number of hydrogen-bond acceptors (Lipinski definition) is 12. The molecular weight excluding hydrogens is 507 g/mol.